The number of fused-ring (bicyclic) bond motifs is 1. The minimum absolute atomic E-state index is 0.150. The number of hydrogen-bond acceptors (Lipinski definition) is 7. The lowest BCUT2D eigenvalue weighted by Gasteiger charge is -2.28. The van der Waals surface area contributed by atoms with Gasteiger partial charge >= 0.3 is 0 Å². The summed E-state index contributed by atoms with van der Waals surface area (Å²) in [4.78, 5) is 20.2. The van der Waals surface area contributed by atoms with E-state index in [1.807, 2.05) is 72.3 Å². The third kappa shape index (κ3) is 6.19. The van der Waals surface area contributed by atoms with E-state index in [1.165, 1.54) is 5.56 Å². The molecule has 1 amide bonds. The number of nitrogens with one attached hydrogen (secondary N) is 1. The Morgan fingerprint density at radius 2 is 1.48 bits per heavy atom. The largest absolute Gasteiger partial charge is 0.497 e. The first kappa shape index (κ1) is 28.6. The van der Waals surface area contributed by atoms with Crippen molar-refractivity contribution in [2.75, 3.05) is 46.8 Å². The van der Waals surface area contributed by atoms with Gasteiger partial charge in [-0.1, -0.05) is 5.92 Å². The van der Waals surface area contributed by atoms with Crippen LogP contribution in [0, 0.1) is 11.8 Å². The normalized spacial score (nSPS) is 12.5. The van der Waals surface area contributed by atoms with Gasteiger partial charge < -0.3 is 23.5 Å². The minimum Gasteiger partial charge on any atom is -0.497 e. The van der Waals surface area contributed by atoms with Crippen molar-refractivity contribution < 1.29 is 23.7 Å². The van der Waals surface area contributed by atoms with Crippen molar-refractivity contribution in [3.8, 4) is 46.1 Å². The molecule has 0 fully saturated rings. The van der Waals surface area contributed by atoms with Gasteiger partial charge in [0.05, 0.1) is 35.0 Å². The maximum atomic E-state index is 13.2. The number of benzene rings is 3. The monoisotopic (exact) mass is 566 g/mol. The molecule has 42 heavy (non-hydrogen) atoms. The molecule has 0 spiro atoms. The smallest absolute Gasteiger partial charge is 0.240 e. The number of aromatic nitrogens is 2. The molecule has 0 saturated carbocycles. The molecular weight excluding hydrogens is 532 g/mol. The fourth-order valence-electron chi connectivity index (χ4n) is 4.95. The van der Waals surface area contributed by atoms with Crippen molar-refractivity contribution in [1.82, 2.24) is 14.5 Å². The summed E-state index contributed by atoms with van der Waals surface area (Å²) in [5.74, 6) is 9.66. The Balaban J connectivity index is 1.37. The summed E-state index contributed by atoms with van der Waals surface area (Å²) in [7, 11) is 8.37. The number of ether oxygens (including phenoxy) is 4. The van der Waals surface area contributed by atoms with Gasteiger partial charge in [0.1, 0.15) is 22.9 Å². The first-order valence-electron chi connectivity index (χ1n) is 13.6. The first-order valence-corrected chi connectivity index (χ1v) is 13.6. The van der Waals surface area contributed by atoms with E-state index in [2.05, 4.69) is 22.1 Å². The van der Waals surface area contributed by atoms with E-state index in [1.54, 1.807) is 28.4 Å². The van der Waals surface area contributed by atoms with Crippen molar-refractivity contribution in [1.29, 1.82) is 0 Å². The highest BCUT2D eigenvalue weighted by molar-refractivity contribution is 5.91. The fraction of sp³-hybridized carbons (Fsp3) is 0.273. The topological polar surface area (TPSA) is 87.1 Å². The average Bonchev–Trinajstić information content (AvgIpc) is 3.33. The predicted molar refractivity (Wildman–Crippen MR) is 161 cm³/mol. The lowest BCUT2D eigenvalue weighted by atomic mass is 9.99. The summed E-state index contributed by atoms with van der Waals surface area (Å²) in [5.41, 5.74) is 5.38. The fourth-order valence-corrected chi connectivity index (χ4v) is 4.95. The third-order valence-corrected chi connectivity index (χ3v) is 7.29. The van der Waals surface area contributed by atoms with Gasteiger partial charge in [0.2, 0.25) is 11.9 Å². The summed E-state index contributed by atoms with van der Waals surface area (Å²) in [6, 6.07) is 19.2. The van der Waals surface area contributed by atoms with E-state index in [0.29, 0.717) is 29.6 Å². The molecule has 1 aliphatic rings. The third-order valence-electron chi connectivity index (χ3n) is 7.29. The van der Waals surface area contributed by atoms with Crippen LogP contribution in [0.5, 0.6) is 23.0 Å². The minimum atomic E-state index is -0.150. The quantitative estimate of drug-likeness (QED) is 0.314. The molecule has 0 aliphatic carbocycles. The molecule has 5 rings (SSSR count). The summed E-state index contributed by atoms with van der Waals surface area (Å²) in [5, 5.41) is 3.01. The number of carbonyl (C=O) groups excluding carboxylic acids is 1. The van der Waals surface area contributed by atoms with E-state index >= 15 is 0 Å². The molecule has 1 aromatic heterocycles. The maximum Gasteiger partial charge on any atom is 0.240 e. The molecule has 2 heterocycles. The van der Waals surface area contributed by atoms with E-state index in [9.17, 15) is 4.79 Å². The van der Waals surface area contributed by atoms with E-state index in [-0.39, 0.29) is 12.5 Å². The molecular formula is C33H34N4O5. The SMILES string of the molecule is COc1ccc(C#Cc2c(-c3ccc(OC)cc3)nc(NC(=O)CN3CCc4cc(OC)c(OC)cc4C3)n2C)cc1. The number of methoxy groups -OCH3 is 4. The standard InChI is InChI=1S/C33H34N4O5/c1-36-28(15-8-22-6-11-26(39-2)12-7-22)32(23-9-13-27(40-3)14-10-23)35-33(36)34-31(38)21-37-17-16-24-18-29(41-4)30(42-5)19-25(24)20-37/h6-7,9-14,18-19H,16-17,20-21H2,1-5H3,(H,34,35,38). The van der Waals surface area contributed by atoms with Gasteiger partial charge in [-0.3, -0.25) is 15.0 Å². The molecule has 4 aromatic rings. The number of amides is 1. The van der Waals surface area contributed by atoms with E-state index in [4.69, 9.17) is 23.9 Å². The van der Waals surface area contributed by atoms with E-state index < -0.39 is 0 Å². The second-order valence-corrected chi connectivity index (χ2v) is 9.88. The molecule has 9 nitrogen and oxygen atoms in total. The van der Waals surface area contributed by atoms with Gasteiger partial charge in [-0.25, -0.2) is 4.98 Å². The van der Waals surface area contributed by atoms with Gasteiger partial charge in [0.25, 0.3) is 0 Å². The number of hydrogen-bond donors (Lipinski definition) is 1. The summed E-state index contributed by atoms with van der Waals surface area (Å²) in [6.07, 6.45) is 0.818. The highest BCUT2D eigenvalue weighted by Crippen LogP contribution is 2.33. The van der Waals surface area contributed by atoms with Crippen LogP contribution in [-0.2, 0) is 24.8 Å². The Kier molecular flexibility index (Phi) is 8.65. The average molecular weight is 567 g/mol. The summed E-state index contributed by atoms with van der Waals surface area (Å²) >= 11 is 0. The van der Waals surface area contributed by atoms with Crippen LogP contribution >= 0.6 is 0 Å². The van der Waals surface area contributed by atoms with Crippen LogP contribution in [0.15, 0.2) is 60.7 Å². The molecule has 0 radical (unpaired) electrons. The molecule has 1 N–H and O–H groups in total. The summed E-state index contributed by atoms with van der Waals surface area (Å²) in [6.45, 7) is 1.62. The van der Waals surface area contributed by atoms with Crippen LogP contribution in [0.25, 0.3) is 11.3 Å². The molecule has 3 aromatic carbocycles. The van der Waals surface area contributed by atoms with Crippen molar-refractivity contribution in [2.45, 2.75) is 13.0 Å². The molecule has 0 unspecified atom stereocenters. The van der Waals surface area contributed by atoms with Crippen LogP contribution in [0.3, 0.4) is 0 Å². The Hall–Kier alpha value is -4.94. The second kappa shape index (κ2) is 12.7. The predicted octanol–water partition coefficient (Wildman–Crippen LogP) is 4.52. The highest BCUT2D eigenvalue weighted by Gasteiger charge is 2.23. The lowest BCUT2D eigenvalue weighted by molar-refractivity contribution is -0.117. The number of rotatable bonds is 8. The van der Waals surface area contributed by atoms with Gasteiger partial charge in [-0.05, 0) is 84.1 Å². The zero-order valence-electron chi connectivity index (χ0n) is 24.5. The molecule has 216 valence electrons. The molecule has 1 aliphatic heterocycles. The Labute approximate surface area is 246 Å². The van der Waals surface area contributed by atoms with Gasteiger partial charge in [-0.15, -0.1) is 0 Å². The first-order chi connectivity index (χ1) is 20.4. The highest BCUT2D eigenvalue weighted by atomic mass is 16.5. The Bertz CT molecular complexity index is 1630. The summed E-state index contributed by atoms with van der Waals surface area (Å²) < 4.78 is 23.3. The van der Waals surface area contributed by atoms with E-state index in [0.717, 1.165) is 46.9 Å². The zero-order valence-corrected chi connectivity index (χ0v) is 24.5. The van der Waals surface area contributed by atoms with Crippen LogP contribution < -0.4 is 24.3 Å². The lowest BCUT2D eigenvalue weighted by Crippen LogP contribution is -2.37. The number of nitrogens with zero attached hydrogens (tertiary/aromatic N) is 3. The van der Waals surface area contributed by atoms with Gasteiger partial charge in [0.15, 0.2) is 11.5 Å². The van der Waals surface area contributed by atoms with Gasteiger partial charge in [-0.2, -0.15) is 0 Å². The molecule has 0 atom stereocenters. The second-order valence-electron chi connectivity index (χ2n) is 9.88. The molecule has 0 bridgehead atoms. The van der Waals surface area contributed by atoms with Crippen molar-refractivity contribution >= 4 is 11.9 Å². The van der Waals surface area contributed by atoms with Crippen LogP contribution in [0.4, 0.5) is 5.95 Å². The number of anilines is 1. The Morgan fingerprint density at radius 3 is 2.10 bits per heavy atom. The zero-order chi connectivity index (χ0) is 29.6. The molecule has 9 heteroatoms. The number of imidazole rings is 1. The maximum absolute atomic E-state index is 13.2. The van der Waals surface area contributed by atoms with Crippen molar-refractivity contribution in [3.05, 3.63) is 83.0 Å². The molecule has 0 saturated heterocycles. The van der Waals surface area contributed by atoms with Crippen LogP contribution in [0.1, 0.15) is 22.4 Å². The van der Waals surface area contributed by atoms with Crippen LogP contribution in [-0.4, -0.2) is 61.9 Å². The Morgan fingerprint density at radius 1 is 0.857 bits per heavy atom. The van der Waals surface area contributed by atoms with Crippen LogP contribution in [0.2, 0.25) is 0 Å². The van der Waals surface area contributed by atoms with Gasteiger partial charge in [0, 0.05) is 31.3 Å². The van der Waals surface area contributed by atoms with Crippen molar-refractivity contribution in [3.63, 3.8) is 0 Å². The van der Waals surface area contributed by atoms with Crippen molar-refractivity contribution in [2.24, 2.45) is 7.05 Å². The number of carbonyl (C=O) groups is 1.